The number of carbonyl (C=O) groups is 1. The summed E-state index contributed by atoms with van der Waals surface area (Å²) in [4.78, 5) is 16.8. The number of amides is 1. The Hall–Kier alpha value is -2.73. The molecule has 1 aliphatic rings. The van der Waals surface area contributed by atoms with Crippen LogP contribution in [0.1, 0.15) is 11.1 Å². The van der Waals surface area contributed by atoms with Crippen molar-refractivity contribution < 1.29 is 14.6 Å². The minimum atomic E-state index is -0.820. The molecule has 6 nitrogen and oxygen atoms in total. The zero-order valence-corrected chi connectivity index (χ0v) is 16.7. The standard InChI is InChI=1S/C22H29N3O3/c1-23(2)20-7-9-21(10-8-20)28-16-11-18-3-5-19(6-4-18)17-24-12-14-25(15-13-24)22(26)27/h3-10H,11-17H2,1-2H3,(H,26,27). The van der Waals surface area contributed by atoms with Crippen LogP contribution in [-0.4, -0.2) is 67.9 Å². The summed E-state index contributed by atoms with van der Waals surface area (Å²) in [6, 6.07) is 16.7. The van der Waals surface area contributed by atoms with E-state index in [9.17, 15) is 4.79 Å². The summed E-state index contributed by atoms with van der Waals surface area (Å²) in [5, 5.41) is 9.02. The molecule has 0 aromatic heterocycles. The van der Waals surface area contributed by atoms with E-state index in [1.54, 1.807) is 0 Å². The molecule has 3 rings (SSSR count). The fourth-order valence-electron chi connectivity index (χ4n) is 3.29. The molecule has 0 atom stereocenters. The van der Waals surface area contributed by atoms with Gasteiger partial charge in [-0.3, -0.25) is 4.90 Å². The second-order valence-corrected chi connectivity index (χ2v) is 7.35. The first-order chi connectivity index (χ1) is 13.5. The van der Waals surface area contributed by atoms with E-state index < -0.39 is 6.09 Å². The third kappa shape index (κ3) is 5.63. The van der Waals surface area contributed by atoms with Gasteiger partial charge in [0.05, 0.1) is 6.61 Å². The number of anilines is 1. The molecule has 0 bridgehead atoms. The maximum absolute atomic E-state index is 11.0. The first-order valence-corrected chi connectivity index (χ1v) is 9.69. The van der Waals surface area contributed by atoms with Gasteiger partial charge in [0.2, 0.25) is 0 Å². The maximum Gasteiger partial charge on any atom is 0.407 e. The Kier molecular flexibility index (Phi) is 6.76. The Morgan fingerprint density at radius 2 is 1.57 bits per heavy atom. The van der Waals surface area contributed by atoms with Gasteiger partial charge in [0.25, 0.3) is 0 Å². The van der Waals surface area contributed by atoms with Crippen molar-refractivity contribution in [2.45, 2.75) is 13.0 Å². The van der Waals surface area contributed by atoms with Gasteiger partial charge < -0.3 is 19.6 Å². The normalized spacial score (nSPS) is 14.7. The van der Waals surface area contributed by atoms with E-state index in [1.165, 1.54) is 16.0 Å². The molecule has 0 unspecified atom stereocenters. The fraction of sp³-hybridized carbons (Fsp3) is 0.409. The molecule has 1 amide bonds. The van der Waals surface area contributed by atoms with Crippen LogP contribution < -0.4 is 9.64 Å². The van der Waals surface area contributed by atoms with Crippen molar-refractivity contribution >= 4 is 11.8 Å². The van der Waals surface area contributed by atoms with Crippen LogP contribution in [0.15, 0.2) is 48.5 Å². The van der Waals surface area contributed by atoms with E-state index in [1.807, 2.05) is 26.2 Å². The van der Waals surface area contributed by atoms with Crippen molar-refractivity contribution in [1.29, 1.82) is 0 Å². The molecule has 6 heteroatoms. The average molecular weight is 383 g/mol. The Morgan fingerprint density at radius 3 is 2.14 bits per heavy atom. The summed E-state index contributed by atoms with van der Waals surface area (Å²) >= 11 is 0. The van der Waals surface area contributed by atoms with Gasteiger partial charge in [-0.05, 0) is 35.4 Å². The summed E-state index contributed by atoms with van der Waals surface area (Å²) in [6.07, 6.45) is 0.0485. The van der Waals surface area contributed by atoms with E-state index in [-0.39, 0.29) is 0 Å². The summed E-state index contributed by atoms with van der Waals surface area (Å²) in [5.41, 5.74) is 3.67. The van der Waals surface area contributed by atoms with E-state index in [0.717, 1.165) is 37.5 Å². The molecule has 1 N–H and O–H groups in total. The third-order valence-corrected chi connectivity index (χ3v) is 5.08. The number of hydrogen-bond donors (Lipinski definition) is 1. The number of hydrogen-bond acceptors (Lipinski definition) is 4. The summed E-state index contributed by atoms with van der Waals surface area (Å²) in [7, 11) is 4.05. The second-order valence-electron chi connectivity index (χ2n) is 7.35. The fourth-order valence-corrected chi connectivity index (χ4v) is 3.29. The van der Waals surface area contributed by atoms with Gasteiger partial charge >= 0.3 is 6.09 Å². The van der Waals surface area contributed by atoms with E-state index in [2.05, 4.69) is 46.2 Å². The number of carboxylic acid groups (broad SMARTS) is 1. The average Bonchev–Trinajstić information content (AvgIpc) is 2.70. The monoisotopic (exact) mass is 383 g/mol. The molecule has 2 aromatic rings. The zero-order chi connectivity index (χ0) is 19.9. The lowest BCUT2D eigenvalue weighted by atomic mass is 10.1. The van der Waals surface area contributed by atoms with Gasteiger partial charge in [-0.2, -0.15) is 0 Å². The summed E-state index contributed by atoms with van der Waals surface area (Å²) in [6.45, 7) is 4.25. The van der Waals surface area contributed by atoms with Crippen LogP contribution in [0, 0.1) is 0 Å². The van der Waals surface area contributed by atoms with Crippen LogP contribution in [0.3, 0.4) is 0 Å². The third-order valence-electron chi connectivity index (χ3n) is 5.08. The lowest BCUT2D eigenvalue weighted by molar-refractivity contribution is 0.103. The molecule has 0 radical (unpaired) electrons. The van der Waals surface area contributed by atoms with Gasteiger partial charge in [0, 0.05) is 58.9 Å². The predicted octanol–water partition coefficient (Wildman–Crippen LogP) is 3.17. The van der Waals surface area contributed by atoms with Gasteiger partial charge in [-0.1, -0.05) is 24.3 Å². The zero-order valence-electron chi connectivity index (χ0n) is 16.7. The Morgan fingerprint density at radius 1 is 0.964 bits per heavy atom. The van der Waals surface area contributed by atoms with Crippen molar-refractivity contribution in [3.05, 3.63) is 59.7 Å². The number of nitrogens with zero attached hydrogens (tertiary/aromatic N) is 3. The van der Waals surface area contributed by atoms with Crippen molar-refractivity contribution in [3.63, 3.8) is 0 Å². The highest BCUT2D eigenvalue weighted by atomic mass is 16.5. The highest BCUT2D eigenvalue weighted by Gasteiger charge is 2.20. The maximum atomic E-state index is 11.0. The van der Waals surface area contributed by atoms with E-state index in [0.29, 0.717) is 19.7 Å². The van der Waals surface area contributed by atoms with Gasteiger partial charge in [0.15, 0.2) is 0 Å². The molecular formula is C22H29N3O3. The molecule has 0 aliphatic carbocycles. The Balaban J connectivity index is 1.41. The van der Waals surface area contributed by atoms with E-state index >= 15 is 0 Å². The number of benzene rings is 2. The molecule has 28 heavy (non-hydrogen) atoms. The molecule has 2 aromatic carbocycles. The van der Waals surface area contributed by atoms with Crippen molar-refractivity contribution in [2.75, 3.05) is 51.8 Å². The van der Waals surface area contributed by atoms with E-state index in [4.69, 9.17) is 9.84 Å². The van der Waals surface area contributed by atoms with Crippen LogP contribution >= 0.6 is 0 Å². The van der Waals surface area contributed by atoms with Crippen molar-refractivity contribution in [3.8, 4) is 5.75 Å². The molecule has 0 saturated carbocycles. The number of rotatable bonds is 7. The molecular weight excluding hydrogens is 354 g/mol. The molecule has 0 spiro atoms. The Bertz CT molecular complexity index is 752. The largest absolute Gasteiger partial charge is 0.493 e. The topological polar surface area (TPSA) is 56.2 Å². The second kappa shape index (κ2) is 9.46. The first-order valence-electron chi connectivity index (χ1n) is 9.69. The Labute approximate surface area is 166 Å². The van der Waals surface area contributed by atoms with Crippen LogP contribution in [0.25, 0.3) is 0 Å². The number of ether oxygens (including phenoxy) is 1. The summed E-state index contributed by atoms with van der Waals surface area (Å²) < 4.78 is 5.85. The highest BCUT2D eigenvalue weighted by molar-refractivity contribution is 5.65. The van der Waals surface area contributed by atoms with Gasteiger partial charge in [0.1, 0.15) is 5.75 Å². The van der Waals surface area contributed by atoms with Crippen LogP contribution in [0.2, 0.25) is 0 Å². The smallest absolute Gasteiger partial charge is 0.407 e. The molecule has 150 valence electrons. The quantitative estimate of drug-likeness (QED) is 0.796. The first kappa shape index (κ1) is 20.0. The SMILES string of the molecule is CN(C)c1ccc(OCCc2ccc(CN3CCN(C(=O)O)CC3)cc2)cc1. The minimum Gasteiger partial charge on any atom is -0.493 e. The molecule has 1 fully saturated rings. The van der Waals surface area contributed by atoms with Crippen molar-refractivity contribution in [1.82, 2.24) is 9.80 Å². The summed E-state index contributed by atoms with van der Waals surface area (Å²) in [5.74, 6) is 0.891. The van der Waals surface area contributed by atoms with Crippen LogP contribution in [0.4, 0.5) is 10.5 Å². The number of piperazine rings is 1. The predicted molar refractivity (Wildman–Crippen MR) is 111 cm³/mol. The van der Waals surface area contributed by atoms with Crippen LogP contribution in [-0.2, 0) is 13.0 Å². The van der Waals surface area contributed by atoms with Crippen molar-refractivity contribution in [2.24, 2.45) is 0 Å². The van der Waals surface area contributed by atoms with Gasteiger partial charge in [-0.15, -0.1) is 0 Å². The highest BCUT2D eigenvalue weighted by Crippen LogP contribution is 2.18. The molecule has 1 saturated heterocycles. The van der Waals surface area contributed by atoms with Crippen LogP contribution in [0.5, 0.6) is 5.75 Å². The molecule has 1 aliphatic heterocycles. The minimum absolute atomic E-state index is 0.584. The van der Waals surface area contributed by atoms with Gasteiger partial charge in [-0.25, -0.2) is 4.79 Å². The molecule has 1 heterocycles. The lowest BCUT2D eigenvalue weighted by Gasteiger charge is -2.33. The lowest BCUT2D eigenvalue weighted by Crippen LogP contribution is -2.47.